The van der Waals surface area contributed by atoms with Crippen LogP contribution in [0.25, 0.3) is 0 Å². The van der Waals surface area contributed by atoms with Crippen LogP contribution in [-0.2, 0) is 4.79 Å². The van der Waals surface area contributed by atoms with Crippen molar-refractivity contribution in [1.29, 1.82) is 0 Å². The van der Waals surface area contributed by atoms with Crippen molar-refractivity contribution in [2.75, 3.05) is 46.2 Å². The van der Waals surface area contributed by atoms with Gasteiger partial charge in [0.2, 0.25) is 11.9 Å². The Balaban J connectivity index is 1.71. The monoisotopic (exact) mass is 387 g/mol. The first-order valence-electron chi connectivity index (χ1n) is 10.4. The molecule has 3 rings (SSSR count). The van der Waals surface area contributed by atoms with Gasteiger partial charge in [0.05, 0.1) is 11.3 Å². The fourth-order valence-electron chi connectivity index (χ4n) is 4.31. The molecule has 1 saturated carbocycles. The minimum atomic E-state index is -0.0914. The van der Waals surface area contributed by atoms with E-state index in [1.165, 1.54) is 25.7 Å². The third-order valence-electron chi connectivity index (χ3n) is 6.01. The van der Waals surface area contributed by atoms with Crippen LogP contribution in [0, 0.1) is 5.92 Å². The van der Waals surface area contributed by atoms with Gasteiger partial charge >= 0.3 is 0 Å². The number of hydrogen-bond acceptors (Lipinski definition) is 5. The lowest BCUT2D eigenvalue weighted by atomic mass is 9.99. The van der Waals surface area contributed by atoms with Gasteiger partial charge in [0.1, 0.15) is 0 Å². The fraction of sp³-hybridized carbons (Fsp3) is 0.714. The van der Waals surface area contributed by atoms with Crippen molar-refractivity contribution in [2.24, 2.45) is 5.92 Å². The second kappa shape index (κ2) is 8.88. The Morgan fingerprint density at radius 2 is 1.86 bits per heavy atom. The molecule has 1 unspecified atom stereocenters. The second-order valence-corrected chi connectivity index (χ2v) is 8.58. The molecule has 1 aliphatic heterocycles. The summed E-state index contributed by atoms with van der Waals surface area (Å²) in [4.78, 5) is 39.7. The Hall–Kier alpha value is -2.18. The summed E-state index contributed by atoms with van der Waals surface area (Å²) in [5.41, 5.74) is 1.31. The molecule has 7 nitrogen and oxygen atoms in total. The number of amides is 2. The van der Waals surface area contributed by atoms with Crippen molar-refractivity contribution in [3.63, 3.8) is 0 Å². The van der Waals surface area contributed by atoms with Gasteiger partial charge in [0, 0.05) is 59.8 Å². The molecule has 0 N–H and O–H groups in total. The Morgan fingerprint density at radius 3 is 2.50 bits per heavy atom. The summed E-state index contributed by atoms with van der Waals surface area (Å²) in [5.74, 6) is 1.56. The summed E-state index contributed by atoms with van der Waals surface area (Å²) in [6.45, 7) is 1.38. The Labute approximate surface area is 168 Å². The third kappa shape index (κ3) is 4.62. The molecule has 1 aliphatic carbocycles. The van der Waals surface area contributed by atoms with E-state index in [1.807, 2.05) is 23.9 Å². The van der Waals surface area contributed by atoms with Crippen molar-refractivity contribution < 1.29 is 9.59 Å². The quantitative estimate of drug-likeness (QED) is 0.750. The molecule has 2 fully saturated rings. The lowest BCUT2D eigenvalue weighted by Gasteiger charge is -2.20. The van der Waals surface area contributed by atoms with Crippen molar-refractivity contribution in [1.82, 2.24) is 19.8 Å². The van der Waals surface area contributed by atoms with Gasteiger partial charge in [-0.1, -0.05) is 25.7 Å². The van der Waals surface area contributed by atoms with Gasteiger partial charge in [-0.3, -0.25) is 9.59 Å². The van der Waals surface area contributed by atoms with Gasteiger partial charge in [-0.15, -0.1) is 0 Å². The van der Waals surface area contributed by atoms with E-state index in [9.17, 15) is 9.59 Å². The van der Waals surface area contributed by atoms with Gasteiger partial charge in [0.15, 0.2) is 0 Å². The van der Waals surface area contributed by atoms with Gasteiger partial charge in [0.25, 0.3) is 5.91 Å². The van der Waals surface area contributed by atoms with Crippen LogP contribution < -0.4 is 4.90 Å². The van der Waals surface area contributed by atoms with E-state index in [0.29, 0.717) is 24.5 Å². The van der Waals surface area contributed by atoms with E-state index in [-0.39, 0.29) is 17.7 Å². The third-order valence-corrected chi connectivity index (χ3v) is 6.01. The smallest absolute Gasteiger partial charge is 0.256 e. The van der Waals surface area contributed by atoms with Crippen LogP contribution in [0.1, 0.15) is 66.9 Å². The average molecular weight is 388 g/mol. The van der Waals surface area contributed by atoms with Gasteiger partial charge < -0.3 is 14.7 Å². The predicted molar refractivity (Wildman–Crippen MR) is 110 cm³/mol. The molecule has 7 heteroatoms. The van der Waals surface area contributed by atoms with E-state index in [0.717, 1.165) is 31.0 Å². The van der Waals surface area contributed by atoms with Gasteiger partial charge in [-0.05, 0) is 18.8 Å². The number of rotatable bonds is 6. The molecule has 28 heavy (non-hydrogen) atoms. The Bertz CT molecular complexity index is 713. The number of carbonyl (C=O) groups excluding carboxylic acids is 2. The highest BCUT2D eigenvalue weighted by molar-refractivity contribution is 5.95. The molecule has 0 radical (unpaired) electrons. The van der Waals surface area contributed by atoms with Crippen molar-refractivity contribution in [2.45, 2.75) is 50.9 Å². The molecule has 2 amide bonds. The zero-order valence-corrected chi connectivity index (χ0v) is 17.6. The molecule has 1 aromatic rings. The number of aromatic nitrogens is 2. The molecule has 0 bridgehead atoms. The van der Waals surface area contributed by atoms with Gasteiger partial charge in [-0.2, -0.15) is 0 Å². The number of carbonyl (C=O) groups is 2. The van der Waals surface area contributed by atoms with Crippen LogP contribution in [0.15, 0.2) is 6.20 Å². The highest BCUT2D eigenvalue weighted by atomic mass is 16.2. The summed E-state index contributed by atoms with van der Waals surface area (Å²) in [6, 6.07) is 0. The zero-order valence-electron chi connectivity index (χ0n) is 17.6. The summed E-state index contributed by atoms with van der Waals surface area (Å²) >= 11 is 0. The van der Waals surface area contributed by atoms with Crippen LogP contribution in [0.3, 0.4) is 0 Å². The topological polar surface area (TPSA) is 69.6 Å². The van der Waals surface area contributed by atoms with Crippen molar-refractivity contribution in [3.8, 4) is 0 Å². The van der Waals surface area contributed by atoms with Crippen LogP contribution >= 0.6 is 0 Å². The molecule has 0 spiro atoms. The van der Waals surface area contributed by atoms with Crippen LogP contribution in [0.5, 0.6) is 0 Å². The molecular formula is C21H33N5O2. The number of hydrogen-bond donors (Lipinski definition) is 0. The van der Waals surface area contributed by atoms with Gasteiger partial charge in [-0.25, -0.2) is 9.97 Å². The highest BCUT2D eigenvalue weighted by Gasteiger charge is 2.32. The van der Waals surface area contributed by atoms with Crippen LogP contribution in [0.2, 0.25) is 0 Å². The minimum absolute atomic E-state index is 0.0797. The van der Waals surface area contributed by atoms with E-state index in [4.69, 9.17) is 0 Å². The lowest BCUT2D eigenvalue weighted by Crippen LogP contribution is -2.29. The maximum absolute atomic E-state index is 12.7. The lowest BCUT2D eigenvalue weighted by molar-refractivity contribution is -0.130. The Morgan fingerprint density at radius 1 is 1.14 bits per heavy atom. The molecule has 0 aromatic carbocycles. The number of likely N-dealkylation sites (tertiary alicyclic amines) is 1. The molecule has 2 heterocycles. The van der Waals surface area contributed by atoms with Crippen molar-refractivity contribution in [3.05, 3.63) is 17.5 Å². The first-order chi connectivity index (χ1) is 13.4. The molecule has 1 atom stereocenters. The van der Waals surface area contributed by atoms with E-state index < -0.39 is 0 Å². The fourth-order valence-corrected chi connectivity index (χ4v) is 4.31. The van der Waals surface area contributed by atoms with E-state index >= 15 is 0 Å². The molecule has 2 aliphatic rings. The number of nitrogens with zero attached hydrogens (tertiary/aromatic N) is 5. The summed E-state index contributed by atoms with van der Waals surface area (Å²) in [6.07, 6.45) is 9.32. The first-order valence-corrected chi connectivity index (χ1v) is 10.4. The minimum Gasteiger partial charge on any atom is -0.347 e. The summed E-state index contributed by atoms with van der Waals surface area (Å²) in [7, 11) is 7.25. The van der Waals surface area contributed by atoms with Crippen LogP contribution in [-0.4, -0.2) is 72.9 Å². The second-order valence-electron chi connectivity index (χ2n) is 8.58. The molecule has 1 aromatic heterocycles. The summed E-state index contributed by atoms with van der Waals surface area (Å²) < 4.78 is 0. The van der Waals surface area contributed by atoms with Crippen LogP contribution in [0.4, 0.5) is 5.95 Å². The standard InChI is InChI=1S/C21H33N5O2/c1-24(2)20(28)17-13-22-21(25(3)4)23-19(17)16-11-12-26(14-16)18(27)10-9-15-7-5-6-8-15/h13,15-16H,5-12,14H2,1-4H3. The van der Waals surface area contributed by atoms with E-state index in [2.05, 4.69) is 9.97 Å². The molecule has 1 saturated heterocycles. The van der Waals surface area contributed by atoms with E-state index in [1.54, 1.807) is 25.2 Å². The molecular weight excluding hydrogens is 354 g/mol. The summed E-state index contributed by atoms with van der Waals surface area (Å²) in [5, 5.41) is 0. The maximum Gasteiger partial charge on any atom is 0.256 e. The first kappa shape index (κ1) is 20.6. The highest BCUT2D eigenvalue weighted by Crippen LogP contribution is 2.32. The maximum atomic E-state index is 12.7. The average Bonchev–Trinajstić information content (AvgIpc) is 3.36. The zero-order chi connectivity index (χ0) is 20.3. The normalized spacial score (nSPS) is 19.9. The number of anilines is 1. The molecule has 154 valence electrons. The SMILES string of the molecule is CN(C)C(=O)c1cnc(N(C)C)nc1C1CCN(C(=O)CCC2CCCC2)C1. The Kier molecular flexibility index (Phi) is 6.52. The largest absolute Gasteiger partial charge is 0.347 e. The van der Waals surface area contributed by atoms with Crippen molar-refractivity contribution >= 4 is 17.8 Å². The predicted octanol–water partition coefficient (Wildman–Crippen LogP) is 2.53.